The van der Waals surface area contributed by atoms with E-state index in [0.29, 0.717) is 24.2 Å². The van der Waals surface area contributed by atoms with E-state index in [0.717, 1.165) is 0 Å². The highest BCUT2D eigenvalue weighted by molar-refractivity contribution is 8.00. The lowest BCUT2D eigenvalue weighted by atomic mass is 9.99. The molecule has 25 heavy (non-hydrogen) atoms. The van der Waals surface area contributed by atoms with Crippen LogP contribution in [0.25, 0.3) is 0 Å². The summed E-state index contributed by atoms with van der Waals surface area (Å²) in [5.41, 5.74) is 0.227. The summed E-state index contributed by atoms with van der Waals surface area (Å²) in [7, 11) is 0. The van der Waals surface area contributed by atoms with Crippen molar-refractivity contribution in [2.24, 2.45) is 5.92 Å². The first kappa shape index (κ1) is 19.3. The van der Waals surface area contributed by atoms with Crippen molar-refractivity contribution in [3.63, 3.8) is 0 Å². The van der Waals surface area contributed by atoms with E-state index in [2.05, 4.69) is 5.32 Å². The van der Waals surface area contributed by atoms with Crippen molar-refractivity contribution in [3.05, 3.63) is 11.3 Å². The molecular weight excluding hydrogens is 348 g/mol. The lowest BCUT2D eigenvalue weighted by Crippen LogP contribution is -2.71. The second kappa shape index (κ2) is 7.90. The fourth-order valence-electron chi connectivity index (χ4n) is 2.91. The minimum Gasteiger partial charge on any atom is -0.477 e. The monoisotopic (exact) mass is 370 g/mol. The van der Waals surface area contributed by atoms with Crippen LogP contribution in [0, 0.1) is 5.92 Å². The second-order valence-corrected chi connectivity index (χ2v) is 7.05. The SMILES string of the molecule is CCC(CC)C(=O)N[C@@H]1C(=O)N2C(C(=O)O)=C(COC(C)=O)CS[C@H]12. The molecule has 0 spiro atoms. The number of β-lactam (4-membered cyclic amide) rings is 1. The molecule has 0 aromatic carbocycles. The largest absolute Gasteiger partial charge is 0.477 e. The average molecular weight is 370 g/mol. The van der Waals surface area contributed by atoms with Gasteiger partial charge in [-0.2, -0.15) is 0 Å². The van der Waals surface area contributed by atoms with Gasteiger partial charge >= 0.3 is 11.9 Å². The number of rotatable bonds is 7. The van der Waals surface area contributed by atoms with Crippen LogP contribution in [0.4, 0.5) is 0 Å². The molecule has 0 aliphatic carbocycles. The number of carbonyl (C=O) groups excluding carboxylic acids is 3. The van der Waals surface area contributed by atoms with Crippen LogP contribution in [0.3, 0.4) is 0 Å². The van der Waals surface area contributed by atoms with E-state index in [4.69, 9.17) is 4.74 Å². The summed E-state index contributed by atoms with van der Waals surface area (Å²) in [6, 6.07) is -0.720. The molecule has 2 heterocycles. The summed E-state index contributed by atoms with van der Waals surface area (Å²) < 4.78 is 4.88. The van der Waals surface area contributed by atoms with E-state index in [-0.39, 0.29) is 24.1 Å². The van der Waals surface area contributed by atoms with Gasteiger partial charge in [0.15, 0.2) is 0 Å². The van der Waals surface area contributed by atoms with Crippen LogP contribution in [0.5, 0.6) is 0 Å². The number of fused-ring (bicyclic) bond motifs is 1. The number of carbonyl (C=O) groups is 4. The molecule has 2 atom stereocenters. The number of esters is 1. The van der Waals surface area contributed by atoms with E-state index in [1.165, 1.54) is 23.6 Å². The van der Waals surface area contributed by atoms with E-state index in [9.17, 15) is 24.3 Å². The molecule has 0 saturated carbocycles. The Bertz CT molecular complexity index is 628. The Balaban J connectivity index is 2.14. The van der Waals surface area contributed by atoms with Gasteiger partial charge in [-0.25, -0.2) is 4.79 Å². The van der Waals surface area contributed by atoms with Gasteiger partial charge in [0.2, 0.25) is 5.91 Å². The number of aliphatic carboxylic acids is 1. The standard InChI is InChI=1S/C16H22N2O6S/c1-4-9(5-2)13(20)17-11-14(21)18-12(16(22)23)10(6-24-8(3)19)7-25-15(11)18/h9,11,15H,4-7H2,1-3H3,(H,17,20)(H,22,23)/t11-,15-/m1/s1. The van der Waals surface area contributed by atoms with Crippen LogP contribution in [-0.4, -0.2) is 57.5 Å². The van der Waals surface area contributed by atoms with E-state index in [1.807, 2.05) is 13.8 Å². The Hall–Kier alpha value is -2.03. The Labute approximate surface area is 149 Å². The first-order chi connectivity index (χ1) is 11.8. The highest BCUT2D eigenvalue weighted by Crippen LogP contribution is 2.40. The average Bonchev–Trinajstić information content (AvgIpc) is 2.57. The Morgan fingerprint density at radius 2 is 2.00 bits per heavy atom. The smallest absolute Gasteiger partial charge is 0.352 e. The van der Waals surface area contributed by atoms with Gasteiger partial charge < -0.3 is 15.2 Å². The number of nitrogens with zero attached hydrogens (tertiary/aromatic N) is 1. The highest BCUT2D eigenvalue weighted by Gasteiger charge is 2.54. The van der Waals surface area contributed by atoms with Crippen LogP contribution in [0.15, 0.2) is 11.3 Å². The zero-order chi connectivity index (χ0) is 18.7. The van der Waals surface area contributed by atoms with Gasteiger partial charge in [-0.15, -0.1) is 11.8 Å². The zero-order valence-electron chi connectivity index (χ0n) is 14.4. The predicted molar refractivity (Wildman–Crippen MR) is 90.4 cm³/mol. The molecule has 0 aromatic rings. The number of thioether (sulfide) groups is 1. The summed E-state index contributed by atoms with van der Waals surface area (Å²) in [6.07, 6.45) is 1.36. The second-order valence-electron chi connectivity index (χ2n) is 5.95. The molecule has 2 N–H and O–H groups in total. The Kier molecular flexibility index (Phi) is 6.10. The lowest BCUT2D eigenvalue weighted by molar-refractivity contribution is -0.151. The Morgan fingerprint density at radius 3 is 2.52 bits per heavy atom. The number of hydrogen-bond acceptors (Lipinski definition) is 6. The fourth-order valence-corrected chi connectivity index (χ4v) is 4.24. The molecule has 1 saturated heterocycles. The van der Waals surface area contributed by atoms with Crippen LogP contribution in [0.1, 0.15) is 33.6 Å². The molecule has 2 amide bonds. The topological polar surface area (TPSA) is 113 Å². The van der Waals surface area contributed by atoms with E-state index >= 15 is 0 Å². The van der Waals surface area contributed by atoms with Crippen molar-refractivity contribution >= 4 is 35.5 Å². The quantitative estimate of drug-likeness (QED) is 0.501. The summed E-state index contributed by atoms with van der Waals surface area (Å²) in [6.45, 7) is 4.89. The van der Waals surface area contributed by atoms with Gasteiger partial charge in [-0.05, 0) is 12.8 Å². The maximum absolute atomic E-state index is 12.4. The van der Waals surface area contributed by atoms with E-state index < -0.39 is 29.3 Å². The predicted octanol–water partition coefficient (Wildman–Crippen LogP) is 0.724. The van der Waals surface area contributed by atoms with Crippen molar-refractivity contribution in [3.8, 4) is 0 Å². The van der Waals surface area contributed by atoms with Crippen molar-refractivity contribution in [2.75, 3.05) is 12.4 Å². The minimum atomic E-state index is -1.24. The summed E-state index contributed by atoms with van der Waals surface area (Å²) in [4.78, 5) is 48.3. The Morgan fingerprint density at radius 1 is 1.36 bits per heavy atom. The number of carboxylic acid groups (broad SMARTS) is 1. The normalized spacial score (nSPS) is 22.4. The summed E-state index contributed by atoms with van der Waals surface area (Å²) in [5, 5.41) is 11.8. The summed E-state index contributed by atoms with van der Waals surface area (Å²) in [5.74, 6) is -2.24. The maximum atomic E-state index is 12.4. The van der Waals surface area contributed by atoms with Gasteiger partial charge in [-0.1, -0.05) is 13.8 Å². The molecule has 1 fully saturated rings. The van der Waals surface area contributed by atoms with Gasteiger partial charge in [-0.3, -0.25) is 19.3 Å². The summed E-state index contributed by atoms with van der Waals surface area (Å²) >= 11 is 1.35. The third-order valence-electron chi connectivity index (χ3n) is 4.35. The first-order valence-corrected chi connectivity index (χ1v) is 9.20. The van der Waals surface area contributed by atoms with Crippen LogP contribution < -0.4 is 5.32 Å². The highest BCUT2D eigenvalue weighted by atomic mass is 32.2. The van der Waals surface area contributed by atoms with Crippen LogP contribution in [-0.2, 0) is 23.9 Å². The zero-order valence-corrected chi connectivity index (χ0v) is 15.2. The molecule has 9 heteroatoms. The van der Waals surface area contributed by atoms with Gasteiger partial charge in [0.1, 0.15) is 23.7 Å². The van der Waals surface area contributed by atoms with Crippen LogP contribution >= 0.6 is 11.8 Å². The molecule has 0 aromatic heterocycles. The molecule has 138 valence electrons. The molecule has 0 unspecified atom stereocenters. The van der Waals surface area contributed by atoms with Crippen LogP contribution in [0.2, 0.25) is 0 Å². The number of amides is 2. The van der Waals surface area contributed by atoms with Crippen molar-refractivity contribution in [2.45, 2.75) is 45.0 Å². The van der Waals surface area contributed by atoms with Gasteiger partial charge in [0.05, 0.1) is 0 Å². The number of ether oxygens (including phenoxy) is 1. The lowest BCUT2D eigenvalue weighted by Gasteiger charge is -2.49. The number of nitrogens with one attached hydrogen (secondary N) is 1. The molecule has 8 nitrogen and oxygen atoms in total. The van der Waals surface area contributed by atoms with Gasteiger partial charge in [0.25, 0.3) is 5.91 Å². The molecular formula is C16H22N2O6S. The van der Waals surface area contributed by atoms with Crippen molar-refractivity contribution in [1.82, 2.24) is 10.2 Å². The number of carboxylic acids is 1. The van der Waals surface area contributed by atoms with E-state index in [1.54, 1.807) is 0 Å². The van der Waals surface area contributed by atoms with Crippen molar-refractivity contribution in [1.29, 1.82) is 0 Å². The third-order valence-corrected chi connectivity index (χ3v) is 5.69. The molecule has 0 radical (unpaired) electrons. The van der Waals surface area contributed by atoms with Gasteiger partial charge in [0, 0.05) is 24.2 Å². The number of hydrogen-bond donors (Lipinski definition) is 2. The molecule has 0 bridgehead atoms. The minimum absolute atomic E-state index is 0.150. The first-order valence-electron chi connectivity index (χ1n) is 8.15. The fraction of sp³-hybridized carbons (Fsp3) is 0.625. The van der Waals surface area contributed by atoms with Crippen molar-refractivity contribution < 1.29 is 29.0 Å². The third kappa shape index (κ3) is 3.81. The maximum Gasteiger partial charge on any atom is 0.352 e. The molecule has 2 rings (SSSR count). The molecule has 2 aliphatic heterocycles. The molecule has 2 aliphatic rings.